The lowest BCUT2D eigenvalue weighted by Gasteiger charge is -2.22. The fraction of sp³-hybridized carbons (Fsp3) is 0.545. The second-order valence-corrected chi connectivity index (χ2v) is 4.35. The van der Waals surface area contributed by atoms with Gasteiger partial charge in [0.2, 0.25) is 0 Å². The molecule has 1 aromatic heterocycles. The molecule has 0 atom stereocenters. The van der Waals surface area contributed by atoms with Crippen molar-refractivity contribution in [1.82, 2.24) is 5.32 Å². The molecule has 0 aromatic carbocycles. The van der Waals surface area contributed by atoms with E-state index in [0.29, 0.717) is 0 Å². The van der Waals surface area contributed by atoms with Gasteiger partial charge in [-0.1, -0.05) is 0 Å². The van der Waals surface area contributed by atoms with E-state index in [-0.39, 0.29) is 18.3 Å². The fourth-order valence-electron chi connectivity index (χ4n) is 1.09. The molecule has 0 unspecified atom stereocenters. The van der Waals surface area contributed by atoms with Crippen molar-refractivity contribution in [3.8, 4) is 0 Å². The van der Waals surface area contributed by atoms with Crippen LogP contribution in [0.1, 0.15) is 35.7 Å². The lowest BCUT2D eigenvalue weighted by Crippen LogP contribution is -2.46. The second-order valence-electron chi connectivity index (χ2n) is 4.35. The summed E-state index contributed by atoms with van der Waals surface area (Å²) in [7, 11) is 0. The Morgan fingerprint density at radius 3 is 2.53 bits per heavy atom. The Morgan fingerprint density at radius 1 is 1.53 bits per heavy atom. The Bertz CT molecular complexity index is 346. The highest BCUT2D eigenvalue weighted by molar-refractivity contribution is 5.92. The van der Waals surface area contributed by atoms with Crippen LogP contribution in [-0.4, -0.2) is 23.2 Å². The van der Waals surface area contributed by atoms with Gasteiger partial charge in [0, 0.05) is 0 Å². The van der Waals surface area contributed by atoms with Crippen molar-refractivity contribution < 1.29 is 14.3 Å². The van der Waals surface area contributed by atoms with Crippen molar-refractivity contribution in [2.24, 2.45) is 0 Å². The van der Waals surface area contributed by atoms with E-state index >= 15 is 0 Å². The molecule has 84 valence electrons. The van der Waals surface area contributed by atoms with E-state index in [1.807, 2.05) is 13.8 Å². The zero-order chi connectivity index (χ0) is 11.6. The highest BCUT2D eigenvalue weighted by Gasteiger charge is 2.22. The monoisotopic (exact) mass is 211 g/mol. The van der Waals surface area contributed by atoms with Crippen molar-refractivity contribution in [3.05, 3.63) is 23.2 Å². The molecule has 0 fully saturated rings. The van der Waals surface area contributed by atoms with Crippen molar-refractivity contribution in [3.63, 3.8) is 0 Å². The van der Waals surface area contributed by atoms with Crippen LogP contribution < -0.4 is 5.32 Å². The number of amides is 1. The summed E-state index contributed by atoms with van der Waals surface area (Å²) in [4.78, 5) is 11.7. The summed E-state index contributed by atoms with van der Waals surface area (Å²) in [6.45, 7) is 7.06. The Kier molecular flexibility index (Phi) is 3.19. The topological polar surface area (TPSA) is 62.5 Å². The van der Waals surface area contributed by atoms with E-state index in [2.05, 4.69) is 5.32 Å². The molecule has 0 spiro atoms. The smallest absolute Gasteiger partial charge is 0.287 e. The molecule has 4 heteroatoms. The SMILES string of the molecule is Cc1cc(C(=O)NC(C)(C)CO)oc1C. The van der Waals surface area contributed by atoms with Crippen LogP contribution in [0.3, 0.4) is 0 Å². The van der Waals surface area contributed by atoms with E-state index in [1.54, 1.807) is 19.9 Å². The summed E-state index contributed by atoms with van der Waals surface area (Å²) in [5.41, 5.74) is 0.313. The van der Waals surface area contributed by atoms with Crippen molar-refractivity contribution in [1.29, 1.82) is 0 Å². The van der Waals surface area contributed by atoms with Gasteiger partial charge in [0.15, 0.2) is 5.76 Å². The van der Waals surface area contributed by atoms with Gasteiger partial charge < -0.3 is 14.8 Å². The number of hydrogen-bond donors (Lipinski definition) is 2. The molecule has 0 bridgehead atoms. The van der Waals surface area contributed by atoms with Gasteiger partial charge in [0.1, 0.15) is 5.76 Å². The summed E-state index contributed by atoms with van der Waals surface area (Å²) in [5, 5.41) is 11.7. The standard InChI is InChI=1S/C11H17NO3/c1-7-5-9(15-8(7)2)10(14)12-11(3,4)6-13/h5,13H,6H2,1-4H3,(H,12,14). The Hall–Kier alpha value is -1.29. The van der Waals surface area contributed by atoms with Gasteiger partial charge in [0.25, 0.3) is 5.91 Å². The average molecular weight is 211 g/mol. The van der Waals surface area contributed by atoms with Crippen LogP contribution in [0, 0.1) is 13.8 Å². The van der Waals surface area contributed by atoms with Crippen molar-refractivity contribution in [2.75, 3.05) is 6.61 Å². The first kappa shape index (κ1) is 11.8. The van der Waals surface area contributed by atoms with Gasteiger partial charge in [-0.25, -0.2) is 0 Å². The normalized spacial score (nSPS) is 11.5. The fourth-order valence-corrected chi connectivity index (χ4v) is 1.09. The maximum atomic E-state index is 11.7. The average Bonchev–Trinajstić information content (AvgIpc) is 2.47. The number of rotatable bonds is 3. The van der Waals surface area contributed by atoms with Crippen LogP contribution in [0.4, 0.5) is 0 Å². The first-order chi connectivity index (χ1) is 6.85. The van der Waals surface area contributed by atoms with Crippen LogP contribution in [0.2, 0.25) is 0 Å². The summed E-state index contributed by atoms with van der Waals surface area (Å²) >= 11 is 0. The molecule has 0 saturated carbocycles. The summed E-state index contributed by atoms with van der Waals surface area (Å²) in [5.74, 6) is 0.721. The second kappa shape index (κ2) is 4.06. The molecule has 1 heterocycles. The van der Waals surface area contributed by atoms with Crippen LogP contribution in [-0.2, 0) is 0 Å². The molecule has 0 radical (unpaired) electrons. The highest BCUT2D eigenvalue weighted by Crippen LogP contribution is 2.14. The molecule has 1 amide bonds. The van der Waals surface area contributed by atoms with Crippen LogP contribution in [0.5, 0.6) is 0 Å². The van der Waals surface area contributed by atoms with E-state index in [1.165, 1.54) is 0 Å². The van der Waals surface area contributed by atoms with E-state index in [9.17, 15) is 4.79 Å². The zero-order valence-electron chi connectivity index (χ0n) is 9.55. The molecule has 2 N–H and O–H groups in total. The first-order valence-corrected chi connectivity index (χ1v) is 4.86. The van der Waals surface area contributed by atoms with Gasteiger partial charge in [-0.15, -0.1) is 0 Å². The van der Waals surface area contributed by atoms with Gasteiger partial charge in [-0.2, -0.15) is 0 Å². The third-order valence-electron chi connectivity index (χ3n) is 2.24. The number of aryl methyl sites for hydroxylation is 2. The number of carbonyl (C=O) groups is 1. The third kappa shape index (κ3) is 2.83. The number of aliphatic hydroxyl groups excluding tert-OH is 1. The Morgan fingerprint density at radius 2 is 2.13 bits per heavy atom. The maximum absolute atomic E-state index is 11.7. The van der Waals surface area contributed by atoms with Gasteiger partial charge in [-0.05, 0) is 39.3 Å². The largest absolute Gasteiger partial charge is 0.456 e. The summed E-state index contributed by atoms with van der Waals surface area (Å²) in [6.07, 6.45) is 0. The highest BCUT2D eigenvalue weighted by atomic mass is 16.3. The third-order valence-corrected chi connectivity index (χ3v) is 2.24. The van der Waals surface area contributed by atoms with E-state index in [0.717, 1.165) is 11.3 Å². The van der Waals surface area contributed by atoms with E-state index in [4.69, 9.17) is 9.52 Å². The summed E-state index contributed by atoms with van der Waals surface area (Å²) < 4.78 is 5.27. The first-order valence-electron chi connectivity index (χ1n) is 4.86. The molecular weight excluding hydrogens is 194 g/mol. The molecule has 15 heavy (non-hydrogen) atoms. The van der Waals surface area contributed by atoms with Crippen LogP contribution in [0.25, 0.3) is 0 Å². The van der Waals surface area contributed by atoms with Crippen LogP contribution >= 0.6 is 0 Å². The minimum absolute atomic E-state index is 0.114. The van der Waals surface area contributed by atoms with Gasteiger partial charge in [-0.3, -0.25) is 4.79 Å². The molecule has 1 aromatic rings. The lowest BCUT2D eigenvalue weighted by atomic mass is 10.1. The quantitative estimate of drug-likeness (QED) is 0.794. The number of nitrogens with one attached hydrogen (secondary N) is 1. The lowest BCUT2D eigenvalue weighted by molar-refractivity contribution is 0.0840. The van der Waals surface area contributed by atoms with Crippen molar-refractivity contribution >= 4 is 5.91 Å². The molecule has 4 nitrogen and oxygen atoms in total. The van der Waals surface area contributed by atoms with E-state index < -0.39 is 5.54 Å². The maximum Gasteiger partial charge on any atom is 0.287 e. The zero-order valence-corrected chi connectivity index (χ0v) is 9.55. The minimum Gasteiger partial charge on any atom is -0.456 e. The molecule has 0 aliphatic rings. The van der Waals surface area contributed by atoms with Gasteiger partial charge in [0.05, 0.1) is 12.1 Å². The predicted octanol–water partition coefficient (Wildman–Crippen LogP) is 1.40. The Balaban J connectivity index is 2.78. The molecular formula is C11H17NO3. The predicted molar refractivity (Wildman–Crippen MR) is 56.8 cm³/mol. The number of furan rings is 1. The van der Waals surface area contributed by atoms with Crippen LogP contribution in [0.15, 0.2) is 10.5 Å². The van der Waals surface area contributed by atoms with Crippen molar-refractivity contribution in [2.45, 2.75) is 33.2 Å². The molecule has 0 aliphatic carbocycles. The number of carbonyl (C=O) groups excluding carboxylic acids is 1. The number of hydrogen-bond acceptors (Lipinski definition) is 3. The number of aliphatic hydroxyl groups is 1. The molecule has 0 aliphatic heterocycles. The van der Waals surface area contributed by atoms with Gasteiger partial charge >= 0.3 is 0 Å². The molecule has 0 saturated heterocycles. The molecule has 1 rings (SSSR count). The summed E-state index contributed by atoms with van der Waals surface area (Å²) in [6, 6.07) is 1.69. The minimum atomic E-state index is -0.633. The Labute approximate surface area is 89.3 Å².